The average molecular weight is 309 g/mol. The molecule has 0 aliphatic carbocycles. The molecule has 0 radical (unpaired) electrons. The maximum absolute atomic E-state index is 9.30. The first-order chi connectivity index (χ1) is 10.6. The van der Waals surface area contributed by atoms with Gasteiger partial charge in [-0.25, -0.2) is 4.68 Å². The normalized spacial score (nSPS) is 10.5. The van der Waals surface area contributed by atoms with Gasteiger partial charge in [-0.05, 0) is 49.2 Å². The second-order valence-corrected chi connectivity index (χ2v) is 5.52. The van der Waals surface area contributed by atoms with Crippen LogP contribution in [0.3, 0.4) is 0 Å². The van der Waals surface area contributed by atoms with Gasteiger partial charge in [-0.3, -0.25) is 0 Å². The molecule has 0 spiro atoms. The molecule has 3 rings (SSSR count). The quantitative estimate of drug-likeness (QED) is 0.717. The van der Waals surface area contributed by atoms with Gasteiger partial charge in [-0.15, -0.1) is 5.10 Å². The van der Waals surface area contributed by atoms with E-state index in [1.54, 1.807) is 16.8 Å². The molecule has 0 unspecified atom stereocenters. The number of rotatable bonds is 2. The summed E-state index contributed by atoms with van der Waals surface area (Å²) in [5.41, 5.74) is 5.06. The molecule has 0 aliphatic rings. The van der Waals surface area contributed by atoms with E-state index in [4.69, 9.17) is 11.6 Å². The van der Waals surface area contributed by atoms with Gasteiger partial charge in [-0.1, -0.05) is 35.0 Å². The lowest BCUT2D eigenvalue weighted by Gasteiger charge is -2.09. The van der Waals surface area contributed by atoms with Gasteiger partial charge in [0, 0.05) is 10.6 Å². The molecule has 0 bridgehead atoms. The minimum Gasteiger partial charge on any atom is -0.211 e. The molecule has 1 heterocycles. The standard InChI is InChI=1S/C17H13ClN4/c1-11-3-8-15(9-12(11)2)22-17(16(10-19)20-21-22)13-4-6-14(18)7-5-13/h3-9H,1-2H3. The molecule has 108 valence electrons. The van der Waals surface area contributed by atoms with E-state index in [0.717, 1.165) is 16.8 Å². The summed E-state index contributed by atoms with van der Waals surface area (Å²) < 4.78 is 1.69. The fourth-order valence-electron chi connectivity index (χ4n) is 2.26. The van der Waals surface area contributed by atoms with E-state index in [2.05, 4.69) is 23.3 Å². The van der Waals surface area contributed by atoms with Gasteiger partial charge in [0.1, 0.15) is 11.8 Å². The highest BCUT2D eigenvalue weighted by atomic mass is 35.5. The second kappa shape index (κ2) is 5.63. The van der Waals surface area contributed by atoms with E-state index in [0.29, 0.717) is 16.4 Å². The minimum absolute atomic E-state index is 0.292. The number of nitriles is 1. The Bertz CT molecular complexity index is 873. The Morgan fingerprint density at radius 1 is 1.05 bits per heavy atom. The first-order valence-corrected chi connectivity index (χ1v) is 7.17. The number of benzene rings is 2. The number of aryl methyl sites for hydroxylation is 2. The van der Waals surface area contributed by atoms with Crippen LogP contribution in [-0.4, -0.2) is 15.0 Å². The lowest BCUT2D eigenvalue weighted by molar-refractivity contribution is 0.805. The maximum atomic E-state index is 9.30. The van der Waals surface area contributed by atoms with Gasteiger partial charge in [-0.2, -0.15) is 5.26 Å². The first-order valence-electron chi connectivity index (χ1n) is 6.79. The zero-order valence-corrected chi connectivity index (χ0v) is 13.0. The van der Waals surface area contributed by atoms with Crippen LogP contribution in [0.1, 0.15) is 16.8 Å². The number of hydrogen-bond acceptors (Lipinski definition) is 3. The van der Waals surface area contributed by atoms with Gasteiger partial charge >= 0.3 is 0 Å². The highest BCUT2D eigenvalue weighted by Gasteiger charge is 2.16. The fourth-order valence-corrected chi connectivity index (χ4v) is 2.39. The lowest BCUT2D eigenvalue weighted by Crippen LogP contribution is -2.00. The summed E-state index contributed by atoms with van der Waals surface area (Å²) in [5, 5.41) is 18.1. The SMILES string of the molecule is Cc1ccc(-n2nnc(C#N)c2-c2ccc(Cl)cc2)cc1C. The van der Waals surface area contributed by atoms with Crippen molar-refractivity contribution in [2.45, 2.75) is 13.8 Å². The molecule has 1 aromatic heterocycles. The van der Waals surface area contributed by atoms with E-state index in [9.17, 15) is 5.26 Å². The summed E-state index contributed by atoms with van der Waals surface area (Å²) in [6.07, 6.45) is 0. The van der Waals surface area contributed by atoms with E-state index >= 15 is 0 Å². The zero-order chi connectivity index (χ0) is 15.7. The molecule has 0 fully saturated rings. The van der Waals surface area contributed by atoms with E-state index in [-0.39, 0.29) is 0 Å². The summed E-state index contributed by atoms with van der Waals surface area (Å²) >= 11 is 5.94. The molecule has 22 heavy (non-hydrogen) atoms. The third-order valence-corrected chi connectivity index (χ3v) is 3.88. The van der Waals surface area contributed by atoms with E-state index in [1.807, 2.05) is 37.3 Å². The molecule has 4 nitrogen and oxygen atoms in total. The van der Waals surface area contributed by atoms with Crippen LogP contribution in [0.25, 0.3) is 16.9 Å². The van der Waals surface area contributed by atoms with Crippen molar-refractivity contribution in [3.05, 3.63) is 64.3 Å². The molecule has 0 amide bonds. The molecule has 3 aromatic rings. The Morgan fingerprint density at radius 2 is 1.77 bits per heavy atom. The summed E-state index contributed by atoms with van der Waals surface area (Å²) in [4.78, 5) is 0. The predicted octanol–water partition coefficient (Wildman–Crippen LogP) is 4.08. The summed E-state index contributed by atoms with van der Waals surface area (Å²) in [6.45, 7) is 4.10. The van der Waals surface area contributed by atoms with Crippen molar-refractivity contribution >= 4 is 11.6 Å². The predicted molar refractivity (Wildman–Crippen MR) is 86.0 cm³/mol. The molecule has 0 saturated carbocycles. The number of aromatic nitrogens is 3. The Kier molecular flexibility index (Phi) is 3.66. The van der Waals surface area contributed by atoms with Crippen LogP contribution in [0.2, 0.25) is 5.02 Å². The van der Waals surface area contributed by atoms with Gasteiger partial charge < -0.3 is 0 Å². The highest BCUT2D eigenvalue weighted by molar-refractivity contribution is 6.30. The topological polar surface area (TPSA) is 54.5 Å². The average Bonchev–Trinajstić information content (AvgIpc) is 2.95. The van der Waals surface area contributed by atoms with Crippen LogP contribution in [-0.2, 0) is 0 Å². The largest absolute Gasteiger partial charge is 0.211 e. The van der Waals surface area contributed by atoms with E-state index in [1.165, 1.54) is 5.56 Å². The number of hydrogen-bond donors (Lipinski definition) is 0. The molecular formula is C17H13ClN4. The minimum atomic E-state index is 0.292. The maximum Gasteiger partial charge on any atom is 0.191 e. The van der Waals surface area contributed by atoms with Crippen LogP contribution in [0.15, 0.2) is 42.5 Å². The summed E-state index contributed by atoms with van der Waals surface area (Å²) in [5.74, 6) is 0. The Labute approximate surface area is 133 Å². The van der Waals surface area contributed by atoms with E-state index < -0.39 is 0 Å². The summed E-state index contributed by atoms with van der Waals surface area (Å²) in [7, 11) is 0. The Hall–Kier alpha value is -2.64. The molecule has 5 heteroatoms. The highest BCUT2D eigenvalue weighted by Crippen LogP contribution is 2.26. The molecule has 2 aromatic carbocycles. The van der Waals surface area contributed by atoms with Crippen molar-refractivity contribution < 1.29 is 0 Å². The van der Waals surface area contributed by atoms with Crippen LogP contribution in [0.4, 0.5) is 0 Å². The smallest absolute Gasteiger partial charge is 0.191 e. The number of nitrogens with zero attached hydrogens (tertiary/aromatic N) is 4. The zero-order valence-electron chi connectivity index (χ0n) is 12.2. The first kappa shape index (κ1) is 14.3. The third kappa shape index (κ3) is 2.47. The van der Waals surface area contributed by atoms with Crippen molar-refractivity contribution in [2.75, 3.05) is 0 Å². The second-order valence-electron chi connectivity index (χ2n) is 5.09. The van der Waals surface area contributed by atoms with Crippen molar-refractivity contribution in [1.29, 1.82) is 5.26 Å². The monoisotopic (exact) mass is 308 g/mol. The van der Waals surface area contributed by atoms with Crippen molar-refractivity contribution in [3.8, 4) is 23.0 Å². The van der Waals surface area contributed by atoms with Gasteiger partial charge in [0.05, 0.1) is 5.69 Å². The third-order valence-electron chi connectivity index (χ3n) is 3.63. The Balaban J connectivity index is 2.21. The number of halogens is 1. The van der Waals surface area contributed by atoms with Gasteiger partial charge in [0.2, 0.25) is 0 Å². The Morgan fingerprint density at radius 3 is 2.41 bits per heavy atom. The lowest BCUT2D eigenvalue weighted by atomic mass is 10.1. The van der Waals surface area contributed by atoms with Gasteiger partial charge in [0.15, 0.2) is 5.69 Å². The molecule has 0 saturated heterocycles. The van der Waals surface area contributed by atoms with Crippen molar-refractivity contribution in [3.63, 3.8) is 0 Å². The van der Waals surface area contributed by atoms with Crippen LogP contribution in [0, 0.1) is 25.2 Å². The van der Waals surface area contributed by atoms with Crippen LogP contribution >= 0.6 is 11.6 Å². The molecule has 0 aliphatic heterocycles. The summed E-state index contributed by atoms with van der Waals surface area (Å²) in [6, 6.07) is 15.4. The van der Waals surface area contributed by atoms with Crippen LogP contribution < -0.4 is 0 Å². The van der Waals surface area contributed by atoms with Gasteiger partial charge in [0.25, 0.3) is 0 Å². The van der Waals surface area contributed by atoms with Crippen LogP contribution in [0.5, 0.6) is 0 Å². The molecule has 0 atom stereocenters. The van der Waals surface area contributed by atoms with Crippen molar-refractivity contribution in [1.82, 2.24) is 15.0 Å². The fraction of sp³-hybridized carbons (Fsp3) is 0.118. The molecular weight excluding hydrogens is 296 g/mol. The van der Waals surface area contributed by atoms with Crippen molar-refractivity contribution in [2.24, 2.45) is 0 Å². The molecule has 0 N–H and O–H groups in total.